The average Bonchev–Trinajstić information content (AvgIpc) is 3.18. The van der Waals surface area contributed by atoms with Gasteiger partial charge in [0, 0.05) is 30.8 Å². The second kappa shape index (κ2) is 10.3. The van der Waals surface area contributed by atoms with Crippen LogP contribution < -0.4 is 10.9 Å². The van der Waals surface area contributed by atoms with E-state index in [-0.39, 0.29) is 23.3 Å². The molecule has 1 aliphatic rings. The third kappa shape index (κ3) is 5.49. The van der Waals surface area contributed by atoms with Crippen molar-refractivity contribution in [2.24, 2.45) is 0 Å². The van der Waals surface area contributed by atoms with E-state index in [0.29, 0.717) is 47.3 Å². The maximum atomic E-state index is 13.0. The molecule has 3 rings (SSSR count). The van der Waals surface area contributed by atoms with Crippen LogP contribution in [-0.2, 0) is 16.1 Å². The predicted molar refractivity (Wildman–Crippen MR) is 113 cm³/mol. The van der Waals surface area contributed by atoms with Gasteiger partial charge in [-0.05, 0) is 44.4 Å². The van der Waals surface area contributed by atoms with Gasteiger partial charge in [0.1, 0.15) is 0 Å². The van der Waals surface area contributed by atoms with E-state index in [1.807, 2.05) is 6.92 Å². The van der Waals surface area contributed by atoms with Gasteiger partial charge in [0.05, 0.1) is 16.7 Å². The van der Waals surface area contributed by atoms with E-state index < -0.39 is 0 Å². The van der Waals surface area contributed by atoms with Crippen molar-refractivity contribution in [3.63, 3.8) is 0 Å². The fourth-order valence-electron chi connectivity index (χ4n) is 3.42. The fraction of sp³-hybridized carbons (Fsp3) is 0.550. The van der Waals surface area contributed by atoms with Crippen molar-refractivity contribution < 1.29 is 9.53 Å². The van der Waals surface area contributed by atoms with Crippen LogP contribution in [0.25, 0.3) is 10.9 Å². The number of benzene rings is 1. The molecule has 1 fully saturated rings. The van der Waals surface area contributed by atoms with E-state index in [0.717, 1.165) is 12.8 Å². The van der Waals surface area contributed by atoms with E-state index in [1.165, 1.54) is 24.6 Å². The summed E-state index contributed by atoms with van der Waals surface area (Å²) < 4.78 is 7.03. The number of nitrogens with zero attached hydrogens (tertiary/aromatic N) is 2. The second-order valence-corrected chi connectivity index (χ2v) is 8.28. The summed E-state index contributed by atoms with van der Waals surface area (Å²) in [6, 6.07) is 5.36. The Morgan fingerprint density at radius 3 is 2.93 bits per heavy atom. The highest BCUT2D eigenvalue weighted by Crippen LogP contribution is 2.22. The molecule has 1 amide bonds. The number of halogens is 1. The molecule has 0 aliphatic heterocycles. The lowest BCUT2D eigenvalue weighted by atomic mass is 10.2. The van der Waals surface area contributed by atoms with Crippen molar-refractivity contribution in [2.75, 3.05) is 19.0 Å². The quantitative estimate of drug-likeness (QED) is 0.378. The summed E-state index contributed by atoms with van der Waals surface area (Å²) in [5, 5.41) is 4.67. The molecule has 0 spiro atoms. The third-order valence-electron chi connectivity index (χ3n) is 4.81. The van der Waals surface area contributed by atoms with Gasteiger partial charge >= 0.3 is 0 Å². The lowest BCUT2D eigenvalue weighted by Gasteiger charge is -2.14. The van der Waals surface area contributed by atoms with Gasteiger partial charge in [0.2, 0.25) is 5.91 Å². The van der Waals surface area contributed by atoms with Crippen LogP contribution in [-0.4, -0.2) is 40.5 Å². The lowest BCUT2D eigenvalue weighted by molar-refractivity contribution is -0.119. The largest absolute Gasteiger partial charge is 0.382 e. The van der Waals surface area contributed by atoms with Crippen LogP contribution in [0.15, 0.2) is 28.2 Å². The zero-order chi connectivity index (χ0) is 19.9. The van der Waals surface area contributed by atoms with Crippen molar-refractivity contribution in [3.8, 4) is 0 Å². The Bertz CT molecular complexity index is 881. The first-order valence-electron chi connectivity index (χ1n) is 9.78. The van der Waals surface area contributed by atoms with E-state index >= 15 is 0 Å². The SMILES string of the molecule is CCOCCCn1c(SCC(=O)NC2CCCC2)nc2cc(Cl)ccc2c1=O. The highest BCUT2D eigenvalue weighted by molar-refractivity contribution is 7.99. The van der Waals surface area contributed by atoms with Gasteiger partial charge in [-0.2, -0.15) is 0 Å². The molecular weight excluding hydrogens is 398 g/mol. The normalized spacial score (nSPS) is 14.6. The molecule has 28 heavy (non-hydrogen) atoms. The minimum absolute atomic E-state index is 0.0155. The van der Waals surface area contributed by atoms with Crippen molar-refractivity contribution in [2.45, 2.75) is 56.8 Å². The predicted octanol–water partition coefficient (Wildman–Crippen LogP) is 3.63. The number of rotatable bonds is 9. The zero-order valence-electron chi connectivity index (χ0n) is 16.1. The molecule has 1 N–H and O–H groups in total. The molecule has 1 heterocycles. The fourth-order valence-corrected chi connectivity index (χ4v) is 4.42. The Balaban J connectivity index is 1.78. The number of nitrogens with one attached hydrogen (secondary N) is 1. The highest BCUT2D eigenvalue weighted by Gasteiger charge is 2.18. The van der Waals surface area contributed by atoms with Gasteiger partial charge < -0.3 is 10.1 Å². The standard InChI is InChI=1S/C20H26ClN3O3S/c1-2-27-11-5-10-24-19(26)16-9-8-14(21)12-17(16)23-20(24)28-13-18(25)22-15-6-3-4-7-15/h8-9,12,15H,2-7,10-11,13H2,1H3,(H,22,25). The van der Waals surface area contributed by atoms with Gasteiger partial charge in [-0.3, -0.25) is 14.2 Å². The number of fused-ring (bicyclic) bond motifs is 1. The average molecular weight is 424 g/mol. The maximum absolute atomic E-state index is 13.0. The number of hydrogen-bond acceptors (Lipinski definition) is 5. The summed E-state index contributed by atoms with van der Waals surface area (Å²) in [6.07, 6.45) is 5.14. The van der Waals surface area contributed by atoms with Crippen LogP contribution in [0.1, 0.15) is 39.0 Å². The van der Waals surface area contributed by atoms with Crippen molar-refractivity contribution in [1.29, 1.82) is 0 Å². The molecule has 0 atom stereocenters. The van der Waals surface area contributed by atoms with Crippen LogP contribution >= 0.6 is 23.4 Å². The molecular formula is C20H26ClN3O3S. The minimum Gasteiger partial charge on any atom is -0.382 e. The van der Waals surface area contributed by atoms with Crippen LogP contribution in [0, 0.1) is 0 Å². The molecule has 0 radical (unpaired) electrons. The van der Waals surface area contributed by atoms with E-state index in [4.69, 9.17) is 16.3 Å². The van der Waals surface area contributed by atoms with E-state index in [2.05, 4.69) is 10.3 Å². The Morgan fingerprint density at radius 2 is 2.18 bits per heavy atom. The molecule has 1 aromatic heterocycles. The highest BCUT2D eigenvalue weighted by atomic mass is 35.5. The molecule has 8 heteroatoms. The molecule has 0 saturated heterocycles. The van der Waals surface area contributed by atoms with Gasteiger partial charge in [0.15, 0.2) is 5.16 Å². The summed E-state index contributed by atoms with van der Waals surface area (Å²) in [6.45, 7) is 3.66. The Hall–Kier alpha value is -1.57. The lowest BCUT2D eigenvalue weighted by Crippen LogP contribution is -2.34. The summed E-state index contributed by atoms with van der Waals surface area (Å²) in [5.41, 5.74) is 0.439. The number of carbonyl (C=O) groups excluding carboxylic acids is 1. The maximum Gasteiger partial charge on any atom is 0.262 e. The van der Waals surface area contributed by atoms with Crippen molar-refractivity contribution in [3.05, 3.63) is 33.6 Å². The molecule has 1 aromatic carbocycles. The monoisotopic (exact) mass is 423 g/mol. The van der Waals surface area contributed by atoms with Crippen molar-refractivity contribution in [1.82, 2.24) is 14.9 Å². The first-order valence-corrected chi connectivity index (χ1v) is 11.1. The number of amides is 1. The Labute approximate surface area is 174 Å². The molecule has 152 valence electrons. The first kappa shape index (κ1) is 21.1. The molecule has 2 aromatic rings. The van der Waals surface area contributed by atoms with E-state index in [1.54, 1.807) is 22.8 Å². The van der Waals surface area contributed by atoms with Gasteiger partial charge in [0.25, 0.3) is 5.56 Å². The summed E-state index contributed by atoms with van der Waals surface area (Å²) in [7, 11) is 0. The summed E-state index contributed by atoms with van der Waals surface area (Å²) in [5.74, 6) is 0.221. The topological polar surface area (TPSA) is 73.2 Å². The Kier molecular flexibility index (Phi) is 7.76. The number of aromatic nitrogens is 2. The van der Waals surface area contributed by atoms with Crippen LogP contribution in [0.2, 0.25) is 5.02 Å². The zero-order valence-corrected chi connectivity index (χ0v) is 17.7. The smallest absolute Gasteiger partial charge is 0.262 e. The number of thioether (sulfide) groups is 1. The molecule has 6 nitrogen and oxygen atoms in total. The second-order valence-electron chi connectivity index (χ2n) is 6.90. The van der Waals surface area contributed by atoms with Gasteiger partial charge in [-0.15, -0.1) is 0 Å². The van der Waals surface area contributed by atoms with Crippen LogP contribution in [0.3, 0.4) is 0 Å². The van der Waals surface area contributed by atoms with Gasteiger partial charge in [-0.1, -0.05) is 36.2 Å². The summed E-state index contributed by atoms with van der Waals surface area (Å²) >= 11 is 7.36. The summed E-state index contributed by atoms with van der Waals surface area (Å²) in [4.78, 5) is 29.9. The number of carbonyl (C=O) groups is 1. The number of hydrogen-bond donors (Lipinski definition) is 1. The molecule has 1 aliphatic carbocycles. The molecule has 0 unspecified atom stereocenters. The van der Waals surface area contributed by atoms with Crippen LogP contribution in [0.5, 0.6) is 0 Å². The van der Waals surface area contributed by atoms with Gasteiger partial charge in [-0.25, -0.2) is 4.98 Å². The molecule has 0 bridgehead atoms. The minimum atomic E-state index is -0.114. The third-order valence-corrected chi connectivity index (χ3v) is 6.02. The van der Waals surface area contributed by atoms with Crippen molar-refractivity contribution >= 4 is 40.2 Å². The molecule has 1 saturated carbocycles. The van der Waals surface area contributed by atoms with Crippen LogP contribution in [0.4, 0.5) is 0 Å². The number of ether oxygens (including phenoxy) is 1. The van der Waals surface area contributed by atoms with E-state index in [9.17, 15) is 9.59 Å². The first-order chi connectivity index (χ1) is 13.6. The Morgan fingerprint density at radius 1 is 1.39 bits per heavy atom.